The SMILES string of the molecule is COc1cc(F)c(NC(=O)c2nc(-c3cccs3)n(-c3ccc(F)cc3)n2)cc1OC. The third kappa shape index (κ3) is 4.10. The van der Waals surface area contributed by atoms with Crippen LogP contribution >= 0.6 is 11.3 Å². The molecule has 0 atom stereocenters. The second-order valence-electron chi connectivity index (χ2n) is 6.27. The molecule has 1 N–H and O–H groups in total. The van der Waals surface area contributed by atoms with Crippen molar-refractivity contribution in [3.05, 3.63) is 71.4 Å². The molecule has 0 unspecified atom stereocenters. The number of carbonyl (C=O) groups excluding carboxylic acids is 1. The number of methoxy groups -OCH3 is 2. The highest BCUT2D eigenvalue weighted by molar-refractivity contribution is 7.13. The van der Waals surface area contributed by atoms with Gasteiger partial charge in [0, 0.05) is 12.1 Å². The Labute approximate surface area is 179 Å². The summed E-state index contributed by atoms with van der Waals surface area (Å²) in [6.45, 7) is 0. The van der Waals surface area contributed by atoms with E-state index < -0.39 is 17.5 Å². The first kappa shape index (κ1) is 20.5. The lowest BCUT2D eigenvalue weighted by molar-refractivity contribution is 0.101. The van der Waals surface area contributed by atoms with Crippen LogP contribution in [0.4, 0.5) is 14.5 Å². The van der Waals surface area contributed by atoms with E-state index in [0.717, 1.165) is 10.9 Å². The highest BCUT2D eigenvalue weighted by Crippen LogP contribution is 2.33. The standard InChI is InChI=1S/C21H16F2N4O3S/c1-29-16-10-14(23)15(11-17(16)30-2)24-21(28)19-25-20(18-4-3-9-31-18)27(26-19)13-7-5-12(22)6-8-13/h3-11H,1-2H3,(H,24,28). The Bertz CT molecular complexity index is 1220. The van der Waals surface area contributed by atoms with Crippen LogP contribution in [0.2, 0.25) is 0 Å². The number of hydrogen-bond acceptors (Lipinski definition) is 6. The minimum absolute atomic E-state index is 0.113. The van der Waals surface area contributed by atoms with Gasteiger partial charge in [-0.25, -0.2) is 18.4 Å². The van der Waals surface area contributed by atoms with E-state index in [1.54, 1.807) is 0 Å². The maximum absolute atomic E-state index is 14.4. The zero-order chi connectivity index (χ0) is 22.0. The van der Waals surface area contributed by atoms with E-state index in [-0.39, 0.29) is 23.0 Å². The number of thiophene rings is 1. The molecule has 10 heteroatoms. The van der Waals surface area contributed by atoms with E-state index in [4.69, 9.17) is 9.47 Å². The van der Waals surface area contributed by atoms with Crippen LogP contribution in [0, 0.1) is 11.6 Å². The predicted octanol–water partition coefficient (Wildman–Crippen LogP) is 4.54. The van der Waals surface area contributed by atoms with Crippen molar-refractivity contribution in [1.29, 1.82) is 0 Å². The monoisotopic (exact) mass is 442 g/mol. The molecule has 7 nitrogen and oxygen atoms in total. The fourth-order valence-corrected chi connectivity index (χ4v) is 3.56. The quantitative estimate of drug-likeness (QED) is 0.474. The van der Waals surface area contributed by atoms with Crippen molar-refractivity contribution >= 4 is 22.9 Å². The van der Waals surface area contributed by atoms with Gasteiger partial charge in [0.25, 0.3) is 5.91 Å². The van der Waals surface area contributed by atoms with E-state index in [1.165, 1.54) is 60.6 Å². The number of hydrogen-bond donors (Lipinski definition) is 1. The third-order valence-corrected chi connectivity index (χ3v) is 5.21. The van der Waals surface area contributed by atoms with Gasteiger partial charge in [0.15, 0.2) is 23.1 Å². The molecule has 31 heavy (non-hydrogen) atoms. The first-order chi connectivity index (χ1) is 15.0. The van der Waals surface area contributed by atoms with Gasteiger partial charge in [-0.15, -0.1) is 16.4 Å². The normalized spacial score (nSPS) is 10.7. The van der Waals surface area contributed by atoms with Crippen molar-refractivity contribution in [1.82, 2.24) is 14.8 Å². The van der Waals surface area contributed by atoms with Gasteiger partial charge >= 0.3 is 0 Å². The van der Waals surface area contributed by atoms with Gasteiger partial charge in [-0.1, -0.05) is 6.07 Å². The number of nitrogens with one attached hydrogen (secondary N) is 1. The Kier molecular flexibility index (Phi) is 5.63. The Balaban J connectivity index is 1.71. The van der Waals surface area contributed by atoms with Crippen LogP contribution in [0.15, 0.2) is 53.9 Å². The van der Waals surface area contributed by atoms with E-state index in [1.807, 2.05) is 17.5 Å². The molecule has 158 valence electrons. The van der Waals surface area contributed by atoms with E-state index >= 15 is 0 Å². The number of anilines is 1. The molecular weight excluding hydrogens is 426 g/mol. The Morgan fingerprint density at radius 2 is 1.77 bits per heavy atom. The molecule has 0 fully saturated rings. The molecule has 2 aromatic heterocycles. The summed E-state index contributed by atoms with van der Waals surface area (Å²) in [7, 11) is 2.79. The van der Waals surface area contributed by atoms with Crippen LogP contribution in [-0.4, -0.2) is 34.9 Å². The summed E-state index contributed by atoms with van der Waals surface area (Å²) in [5.74, 6) is -1.16. The first-order valence-corrected chi connectivity index (χ1v) is 9.88. The largest absolute Gasteiger partial charge is 0.493 e. The van der Waals surface area contributed by atoms with E-state index in [9.17, 15) is 13.6 Å². The van der Waals surface area contributed by atoms with Gasteiger partial charge in [-0.05, 0) is 35.7 Å². The van der Waals surface area contributed by atoms with Crippen LogP contribution in [-0.2, 0) is 0 Å². The number of nitrogens with zero attached hydrogens (tertiary/aromatic N) is 3. The molecule has 1 amide bonds. The Hall–Kier alpha value is -3.79. The van der Waals surface area contributed by atoms with Crippen molar-refractivity contribution in [2.75, 3.05) is 19.5 Å². The molecule has 0 saturated heterocycles. The molecule has 0 radical (unpaired) electrons. The van der Waals surface area contributed by atoms with Gasteiger partial charge in [0.2, 0.25) is 5.82 Å². The second kappa shape index (κ2) is 8.52. The van der Waals surface area contributed by atoms with Crippen molar-refractivity contribution in [2.45, 2.75) is 0 Å². The van der Waals surface area contributed by atoms with Crippen molar-refractivity contribution < 1.29 is 23.0 Å². The van der Waals surface area contributed by atoms with E-state index in [2.05, 4.69) is 15.4 Å². The summed E-state index contributed by atoms with van der Waals surface area (Å²) in [4.78, 5) is 17.9. The topological polar surface area (TPSA) is 78.3 Å². The lowest BCUT2D eigenvalue weighted by Gasteiger charge is -2.11. The highest BCUT2D eigenvalue weighted by atomic mass is 32.1. The molecule has 0 spiro atoms. The van der Waals surface area contributed by atoms with Crippen molar-refractivity contribution in [2.24, 2.45) is 0 Å². The molecule has 4 rings (SSSR count). The van der Waals surface area contributed by atoms with Gasteiger partial charge in [0.05, 0.1) is 30.5 Å². The number of carbonyl (C=O) groups is 1. The Morgan fingerprint density at radius 1 is 1.06 bits per heavy atom. The first-order valence-electron chi connectivity index (χ1n) is 9.00. The molecule has 0 saturated carbocycles. The second-order valence-corrected chi connectivity index (χ2v) is 7.21. The average Bonchev–Trinajstić information content (AvgIpc) is 3.45. The molecule has 0 aliphatic heterocycles. The maximum Gasteiger partial charge on any atom is 0.295 e. The van der Waals surface area contributed by atoms with Crippen LogP contribution < -0.4 is 14.8 Å². The van der Waals surface area contributed by atoms with Crippen LogP contribution in [0.5, 0.6) is 11.5 Å². The summed E-state index contributed by atoms with van der Waals surface area (Å²) < 4.78 is 39.4. The minimum Gasteiger partial charge on any atom is -0.493 e. The van der Waals surface area contributed by atoms with Crippen LogP contribution in [0.1, 0.15) is 10.6 Å². The van der Waals surface area contributed by atoms with E-state index in [0.29, 0.717) is 11.5 Å². The zero-order valence-electron chi connectivity index (χ0n) is 16.4. The molecule has 0 aliphatic rings. The lowest BCUT2D eigenvalue weighted by Crippen LogP contribution is -2.15. The third-order valence-electron chi connectivity index (χ3n) is 4.34. The fraction of sp³-hybridized carbons (Fsp3) is 0.0952. The number of rotatable bonds is 6. The Morgan fingerprint density at radius 3 is 2.42 bits per heavy atom. The molecule has 2 heterocycles. The molecule has 0 bridgehead atoms. The lowest BCUT2D eigenvalue weighted by atomic mass is 10.2. The zero-order valence-corrected chi connectivity index (χ0v) is 17.2. The van der Waals surface area contributed by atoms with Gasteiger partial charge in [0.1, 0.15) is 5.82 Å². The summed E-state index contributed by atoms with van der Waals surface area (Å²) in [6, 6.07) is 11.7. The summed E-state index contributed by atoms with van der Waals surface area (Å²) in [6.07, 6.45) is 0. The molecule has 0 aliphatic carbocycles. The molecule has 2 aromatic carbocycles. The van der Waals surface area contributed by atoms with Crippen molar-refractivity contribution in [3.8, 4) is 27.9 Å². The minimum atomic E-state index is -0.718. The number of halogens is 2. The fourth-order valence-electron chi connectivity index (χ4n) is 2.86. The number of amides is 1. The van der Waals surface area contributed by atoms with Crippen LogP contribution in [0.25, 0.3) is 16.4 Å². The maximum atomic E-state index is 14.4. The number of benzene rings is 2. The van der Waals surface area contributed by atoms with Gasteiger partial charge in [-0.2, -0.15) is 0 Å². The smallest absolute Gasteiger partial charge is 0.295 e. The summed E-state index contributed by atoms with van der Waals surface area (Å²) >= 11 is 1.41. The van der Waals surface area contributed by atoms with Gasteiger partial charge < -0.3 is 14.8 Å². The number of ether oxygens (including phenoxy) is 2. The average molecular weight is 442 g/mol. The molecular formula is C21H16F2N4O3S. The molecule has 4 aromatic rings. The van der Waals surface area contributed by atoms with Crippen molar-refractivity contribution in [3.63, 3.8) is 0 Å². The summed E-state index contributed by atoms with van der Waals surface area (Å²) in [5.41, 5.74) is 0.409. The van der Waals surface area contributed by atoms with Crippen LogP contribution in [0.3, 0.4) is 0 Å². The number of aromatic nitrogens is 3. The van der Waals surface area contributed by atoms with Gasteiger partial charge in [-0.3, -0.25) is 4.79 Å². The highest BCUT2D eigenvalue weighted by Gasteiger charge is 2.21. The summed E-state index contributed by atoms with van der Waals surface area (Å²) in [5, 5.41) is 8.58. The predicted molar refractivity (Wildman–Crippen MR) is 112 cm³/mol.